The second kappa shape index (κ2) is 10.3. The fourth-order valence-corrected chi connectivity index (χ4v) is 3.62. The molecule has 0 atom stereocenters. The van der Waals surface area contributed by atoms with Gasteiger partial charge in [-0.3, -0.25) is 14.8 Å². The molecular weight excluding hydrogens is 398 g/mol. The lowest BCUT2D eigenvalue weighted by Crippen LogP contribution is -2.36. The molecule has 1 amide bonds. The van der Waals surface area contributed by atoms with E-state index in [0.29, 0.717) is 18.1 Å². The van der Waals surface area contributed by atoms with Crippen LogP contribution in [0.1, 0.15) is 57.2 Å². The second-order valence-corrected chi connectivity index (χ2v) is 8.44. The molecule has 0 saturated heterocycles. The number of anilines is 1. The summed E-state index contributed by atoms with van der Waals surface area (Å²) in [5.41, 5.74) is 7.84. The van der Waals surface area contributed by atoms with E-state index in [1.807, 2.05) is 57.6 Å². The number of nitrogens with one attached hydrogen (secondary N) is 2. The van der Waals surface area contributed by atoms with E-state index in [1.54, 1.807) is 0 Å². The molecule has 6 nitrogen and oxygen atoms in total. The zero-order chi connectivity index (χ0) is 23.3. The zero-order valence-electron chi connectivity index (χ0n) is 19.9. The molecule has 0 fully saturated rings. The maximum absolute atomic E-state index is 13.0. The Morgan fingerprint density at radius 1 is 1.00 bits per heavy atom. The summed E-state index contributed by atoms with van der Waals surface area (Å²) in [6.45, 7) is 13.5. The average Bonchev–Trinajstić information content (AvgIpc) is 3.07. The van der Waals surface area contributed by atoms with E-state index in [9.17, 15) is 4.79 Å². The lowest BCUT2D eigenvalue weighted by molar-refractivity contribution is 0.0976. The first kappa shape index (κ1) is 23.3. The summed E-state index contributed by atoms with van der Waals surface area (Å²) in [6, 6.07) is 12.0. The number of carbonyl (C=O) groups excluding carboxylic acids is 1. The van der Waals surface area contributed by atoms with Gasteiger partial charge in [0.25, 0.3) is 5.91 Å². The molecule has 1 heterocycles. The SMILES string of the molecule is CCCn1cc(CN=C(NC(=O)c2cc(C)cc(C)c2)Nc2cc(C)ccc2C)c(C)n1. The highest BCUT2D eigenvalue weighted by molar-refractivity contribution is 6.10. The topological polar surface area (TPSA) is 71.3 Å². The number of aryl methyl sites for hydroxylation is 6. The van der Waals surface area contributed by atoms with Crippen LogP contribution in [0.15, 0.2) is 47.6 Å². The Labute approximate surface area is 190 Å². The van der Waals surface area contributed by atoms with Gasteiger partial charge in [0, 0.05) is 29.6 Å². The van der Waals surface area contributed by atoms with Crippen molar-refractivity contribution in [1.82, 2.24) is 15.1 Å². The molecule has 2 N–H and O–H groups in total. The van der Waals surface area contributed by atoms with Crippen molar-refractivity contribution in [3.8, 4) is 0 Å². The van der Waals surface area contributed by atoms with E-state index in [1.165, 1.54) is 0 Å². The number of aromatic nitrogens is 2. The van der Waals surface area contributed by atoms with Gasteiger partial charge < -0.3 is 5.32 Å². The van der Waals surface area contributed by atoms with E-state index in [4.69, 9.17) is 4.99 Å². The molecule has 32 heavy (non-hydrogen) atoms. The van der Waals surface area contributed by atoms with Crippen molar-refractivity contribution in [2.75, 3.05) is 5.32 Å². The van der Waals surface area contributed by atoms with Crippen LogP contribution in [0.25, 0.3) is 0 Å². The van der Waals surface area contributed by atoms with Gasteiger partial charge in [0.2, 0.25) is 5.96 Å². The predicted octanol–water partition coefficient (Wildman–Crippen LogP) is 5.23. The van der Waals surface area contributed by atoms with E-state index < -0.39 is 0 Å². The molecule has 0 radical (unpaired) electrons. The summed E-state index contributed by atoms with van der Waals surface area (Å²) < 4.78 is 1.95. The van der Waals surface area contributed by atoms with Crippen LogP contribution >= 0.6 is 0 Å². The van der Waals surface area contributed by atoms with Crippen molar-refractivity contribution < 1.29 is 4.79 Å². The van der Waals surface area contributed by atoms with Gasteiger partial charge in [0.15, 0.2) is 0 Å². The number of hydrogen-bond acceptors (Lipinski definition) is 3. The van der Waals surface area contributed by atoms with Crippen molar-refractivity contribution in [3.05, 3.63) is 81.7 Å². The highest BCUT2D eigenvalue weighted by Gasteiger charge is 2.12. The number of aliphatic imine (C=N–C) groups is 1. The highest BCUT2D eigenvalue weighted by Crippen LogP contribution is 2.17. The Morgan fingerprint density at radius 2 is 1.72 bits per heavy atom. The molecule has 168 valence electrons. The lowest BCUT2D eigenvalue weighted by atomic mass is 10.1. The third-order valence-corrected chi connectivity index (χ3v) is 5.27. The molecule has 3 rings (SSSR count). The van der Waals surface area contributed by atoms with E-state index in [2.05, 4.69) is 46.9 Å². The van der Waals surface area contributed by atoms with Crippen LogP contribution in [-0.2, 0) is 13.1 Å². The first-order valence-electron chi connectivity index (χ1n) is 11.1. The smallest absolute Gasteiger partial charge is 0.257 e. The van der Waals surface area contributed by atoms with Gasteiger partial charge in [-0.2, -0.15) is 5.10 Å². The molecule has 0 aliphatic heterocycles. The predicted molar refractivity (Wildman–Crippen MR) is 131 cm³/mol. The molecule has 0 saturated carbocycles. The number of hydrogen-bond donors (Lipinski definition) is 2. The highest BCUT2D eigenvalue weighted by atomic mass is 16.1. The zero-order valence-corrected chi connectivity index (χ0v) is 19.9. The summed E-state index contributed by atoms with van der Waals surface area (Å²) in [4.78, 5) is 17.7. The molecule has 3 aromatic rings. The number of guanidine groups is 1. The van der Waals surface area contributed by atoms with Crippen LogP contribution in [0.2, 0.25) is 0 Å². The molecule has 0 bridgehead atoms. The molecule has 1 aromatic heterocycles. The molecule has 6 heteroatoms. The van der Waals surface area contributed by atoms with Crippen molar-refractivity contribution in [1.29, 1.82) is 0 Å². The van der Waals surface area contributed by atoms with Gasteiger partial charge >= 0.3 is 0 Å². The summed E-state index contributed by atoms with van der Waals surface area (Å²) in [7, 11) is 0. The first-order valence-corrected chi connectivity index (χ1v) is 11.1. The van der Waals surface area contributed by atoms with Crippen LogP contribution in [0.4, 0.5) is 5.69 Å². The van der Waals surface area contributed by atoms with Crippen LogP contribution in [0.3, 0.4) is 0 Å². The number of nitrogens with zero attached hydrogens (tertiary/aromatic N) is 3. The van der Waals surface area contributed by atoms with Gasteiger partial charge in [-0.25, -0.2) is 4.99 Å². The summed E-state index contributed by atoms with van der Waals surface area (Å²) in [5, 5.41) is 10.9. The Kier molecular flexibility index (Phi) is 7.46. The fraction of sp³-hybridized carbons (Fsp3) is 0.346. The van der Waals surface area contributed by atoms with Crippen molar-refractivity contribution >= 4 is 17.6 Å². The van der Waals surface area contributed by atoms with E-state index in [0.717, 1.165) is 52.2 Å². The molecular formula is C26H33N5O. The summed E-state index contributed by atoms with van der Waals surface area (Å²) >= 11 is 0. The molecule has 0 spiro atoms. The monoisotopic (exact) mass is 431 g/mol. The number of carbonyl (C=O) groups is 1. The van der Waals surface area contributed by atoms with Crippen molar-refractivity contribution in [3.63, 3.8) is 0 Å². The van der Waals surface area contributed by atoms with E-state index >= 15 is 0 Å². The maximum atomic E-state index is 13.0. The Hall–Kier alpha value is -3.41. The van der Waals surface area contributed by atoms with Crippen molar-refractivity contribution in [2.45, 2.75) is 61.1 Å². The number of benzene rings is 2. The van der Waals surface area contributed by atoms with Gasteiger partial charge in [-0.15, -0.1) is 0 Å². The lowest BCUT2D eigenvalue weighted by Gasteiger charge is -2.15. The minimum absolute atomic E-state index is 0.188. The summed E-state index contributed by atoms with van der Waals surface area (Å²) in [5.74, 6) is 0.234. The first-order chi connectivity index (χ1) is 15.2. The Bertz CT molecular complexity index is 1120. The summed E-state index contributed by atoms with van der Waals surface area (Å²) in [6.07, 6.45) is 3.05. The Balaban J connectivity index is 1.88. The van der Waals surface area contributed by atoms with Gasteiger partial charge in [0.05, 0.1) is 12.2 Å². The Morgan fingerprint density at radius 3 is 2.41 bits per heavy atom. The number of rotatable bonds is 6. The van der Waals surface area contributed by atoms with Crippen LogP contribution in [0.5, 0.6) is 0 Å². The molecule has 0 unspecified atom stereocenters. The van der Waals surface area contributed by atoms with Crippen LogP contribution < -0.4 is 10.6 Å². The largest absolute Gasteiger partial charge is 0.326 e. The molecule has 2 aromatic carbocycles. The minimum atomic E-state index is -0.188. The standard InChI is InChI=1S/C26H33N5O/c1-7-10-31-16-23(21(6)30-31)15-27-26(28-24-14-17(2)8-9-20(24)5)29-25(32)22-12-18(3)11-19(4)13-22/h8-9,11-14,16H,7,10,15H2,1-6H3,(H2,27,28,29,32). The van der Waals surface area contributed by atoms with Crippen molar-refractivity contribution in [2.24, 2.45) is 4.99 Å². The van der Waals surface area contributed by atoms with Crippen LogP contribution in [-0.4, -0.2) is 21.6 Å². The normalized spacial score (nSPS) is 11.5. The quantitative estimate of drug-likeness (QED) is 0.414. The fourth-order valence-electron chi connectivity index (χ4n) is 3.62. The maximum Gasteiger partial charge on any atom is 0.257 e. The van der Waals surface area contributed by atoms with Gasteiger partial charge in [-0.05, 0) is 70.4 Å². The third-order valence-electron chi connectivity index (χ3n) is 5.27. The number of amides is 1. The molecule has 0 aliphatic carbocycles. The minimum Gasteiger partial charge on any atom is -0.326 e. The van der Waals surface area contributed by atoms with Gasteiger partial charge in [-0.1, -0.05) is 36.2 Å². The third kappa shape index (κ3) is 6.06. The van der Waals surface area contributed by atoms with Gasteiger partial charge in [0.1, 0.15) is 0 Å². The van der Waals surface area contributed by atoms with E-state index in [-0.39, 0.29) is 5.91 Å². The second-order valence-electron chi connectivity index (χ2n) is 8.44. The molecule has 0 aliphatic rings. The average molecular weight is 432 g/mol. The van der Waals surface area contributed by atoms with Crippen LogP contribution in [0, 0.1) is 34.6 Å².